The lowest BCUT2D eigenvalue weighted by Gasteiger charge is -2.21. The second-order valence-electron chi connectivity index (χ2n) is 4.54. The van der Waals surface area contributed by atoms with Crippen LogP contribution in [0, 0.1) is 5.92 Å². The van der Waals surface area contributed by atoms with E-state index in [2.05, 4.69) is 12.2 Å². The Kier molecular flexibility index (Phi) is 4.13. The Hall–Kier alpha value is -0.670. The summed E-state index contributed by atoms with van der Waals surface area (Å²) in [7, 11) is 0. The number of carbonyl (C=O) groups excluding carboxylic acids is 1. The average Bonchev–Trinajstić information content (AvgIpc) is 2.70. The zero-order chi connectivity index (χ0) is 11.4. The molecule has 1 fully saturated rings. The third kappa shape index (κ3) is 2.71. The molecule has 1 aromatic rings. The van der Waals surface area contributed by atoms with Crippen LogP contribution in [0.5, 0.6) is 0 Å². The molecule has 2 rings (SSSR count). The summed E-state index contributed by atoms with van der Waals surface area (Å²) in [5, 5.41) is 5.48. The number of hydrogen-bond acceptors (Lipinski definition) is 3. The number of thiophene rings is 1. The van der Waals surface area contributed by atoms with Crippen molar-refractivity contribution < 1.29 is 4.79 Å². The summed E-state index contributed by atoms with van der Waals surface area (Å²) in [5.74, 6) is 0.408. The minimum atomic E-state index is 0.108. The number of hydrogen-bond donors (Lipinski definition) is 1. The van der Waals surface area contributed by atoms with E-state index in [0.717, 1.165) is 17.8 Å². The molecule has 0 radical (unpaired) electrons. The van der Waals surface area contributed by atoms with Gasteiger partial charge in [0.25, 0.3) is 0 Å². The van der Waals surface area contributed by atoms with Gasteiger partial charge in [-0.05, 0) is 30.8 Å². The van der Waals surface area contributed by atoms with Crippen LogP contribution in [-0.2, 0) is 0 Å². The molecule has 1 aliphatic heterocycles. The lowest BCUT2D eigenvalue weighted by Crippen LogP contribution is -2.37. The highest BCUT2D eigenvalue weighted by atomic mass is 32.1. The molecule has 0 amide bonds. The topological polar surface area (TPSA) is 29.1 Å². The molecule has 2 unspecified atom stereocenters. The van der Waals surface area contributed by atoms with E-state index in [-0.39, 0.29) is 5.92 Å². The standard InChI is InChI=1S/C13H19NOS/c1-10(11-6-3-2-4-8-14-11)13(15)12-7-5-9-16-12/h5,7,9-11,14H,2-4,6,8H2,1H3. The monoisotopic (exact) mass is 237 g/mol. The van der Waals surface area contributed by atoms with Crippen molar-refractivity contribution in [3.05, 3.63) is 22.4 Å². The molecule has 2 nitrogen and oxygen atoms in total. The van der Waals surface area contributed by atoms with Crippen LogP contribution in [0.4, 0.5) is 0 Å². The SMILES string of the molecule is CC(C(=O)c1cccs1)C1CCCCCN1. The van der Waals surface area contributed by atoms with Gasteiger partial charge in [-0.1, -0.05) is 25.8 Å². The maximum Gasteiger partial charge on any atom is 0.177 e. The minimum absolute atomic E-state index is 0.108. The maximum atomic E-state index is 12.2. The van der Waals surface area contributed by atoms with Crippen LogP contribution in [-0.4, -0.2) is 18.4 Å². The fourth-order valence-corrected chi connectivity index (χ4v) is 3.07. The predicted molar refractivity (Wildman–Crippen MR) is 68.1 cm³/mol. The number of rotatable bonds is 3. The maximum absolute atomic E-state index is 12.2. The second kappa shape index (κ2) is 5.60. The van der Waals surface area contributed by atoms with Crippen molar-refractivity contribution in [2.24, 2.45) is 5.92 Å². The van der Waals surface area contributed by atoms with Gasteiger partial charge in [-0.15, -0.1) is 11.3 Å². The van der Waals surface area contributed by atoms with E-state index in [1.807, 2.05) is 17.5 Å². The van der Waals surface area contributed by atoms with Crippen LogP contribution in [0.15, 0.2) is 17.5 Å². The van der Waals surface area contributed by atoms with Crippen molar-refractivity contribution in [3.63, 3.8) is 0 Å². The summed E-state index contributed by atoms with van der Waals surface area (Å²) >= 11 is 1.55. The number of Topliss-reactive ketones (excluding diaryl/α,β-unsaturated/α-hetero) is 1. The molecular weight excluding hydrogens is 218 g/mol. The summed E-state index contributed by atoms with van der Waals surface area (Å²) in [4.78, 5) is 13.1. The molecule has 3 heteroatoms. The Labute approximate surface area is 101 Å². The van der Waals surface area contributed by atoms with E-state index < -0.39 is 0 Å². The van der Waals surface area contributed by atoms with Gasteiger partial charge in [-0.25, -0.2) is 0 Å². The fourth-order valence-electron chi connectivity index (χ4n) is 2.31. The van der Waals surface area contributed by atoms with E-state index in [4.69, 9.17) is 0 Å². The Bertz CT molecular complexity index is 326. The molecule has 0 spiro atoms. The van der Waals surface area contributed by atoms with Crippen LogP contribution in [0.2, 0.25) is 0 Å². The van der Waals surface area contributed by atoms with Gasteiger partial charge in [-0.2, -0.15) is 0 Å². The molecule has 0 aliphatic carbocycles. The highest BCUT2D eigenvalue weighted by molar-refractivity contribution is 7.12. The molecular formula is C13H19NOS. The van der Waals surface area contributed by atoms with Gasteiger partial charge in [0, 0.05) is 12.0 Å². The van der Waals surface area contributed by atoms with E-state index in [9.17, 15) is 4.79 Å². The van der Waals surface area contributed by atoms with Crippen molar-refractivity contribution in [1.29, 1.82) is 0 Å². The summed E-state index contributed by atoms with van der Waals surface area (Å²) in [5.41, 5.74) is 0. The zero-order valence-electron chi connectivity index (χ0n) is 9.74. The van der Waals surface area contributed by atoms with Crippen LogP contribution in [0.25, 0.3) is 0 Å². The molecule has 2 heterocycles. The largest absolute Gasteiger partial charge is 0.313 e. The Balaban J connectivity index is 2.00. The number of ketones is 1. The van der Waals surface area contributed by atoms with Crippen LogP contribution < -0.4 is 5.32 Å². The fraction of sp³-hybridized carbons (Fsp3) is 0.615. The predicted octanol–water partition coefficient (Wildman–Crippen LogP) is 3.10. The quantitative estimate of drug-likeness (QED) is 0.818. The highest BCUT2D eigenvalue weighted by Crippen LogP contribution is 2.21. The van der Waals surface area contributed by atoms with Gasteiger partial charge in [0.2, 0.25) is 0 Å². The van der Waals surface area contributed by atoms with Crippen molar-refractivity contribution in [1.82, 2.24) is 5.32 Å². The summed E-state index contributed by atoms with van der Waals surface area (Å²) in [6.07, 6.45) is 4.93. The molecule has 16 heavy (non-hydrogen) atoms. The van der Waals surface area contributed by atoms with E-state index in [1.54, 1.807) is 11.3 Å². The van der Waals surface area contributed by atoms with Crippen molar-refractivity contribution in [2.45, 2.75) is 38.6 Å². The van der Waals surface area contributed by atoms with Gasteiger partial charge >= 0.3 is 0 Å². The highest BCUT2D eigenvalue weighted by Gasteiger charge is 2.25. The molecule has 1 aromatic heterocycles. The lowest BCUT2D eigenvalue weighted by atomic mass is 9.93. The third-order valence-corrected chi connectivity index (χ3v) is 4.26. The molecule has 1 saturated heterocycles. The van der Waals surface area contributed by atoms with Gasteiger partial charge in [0.1, 0.15) is 0 Å². The van der Waals surface area contributed by atoms with Crippen LogP contribution >= 0.6 is 11.3 Å². The first-order chi connectivity index (χ1) is 7.79. The van der Waals surface area contributed by atoms with Gasteiger partial charge in [0.05, 0.1) is 4.88 Å². The Morgan fingerprint density at radius 1 is 1.50 bits per heavy atom. The first-order valence-corrected chi connectivity index (χ1v) is 6.98. The molecule has 0 bridgehead atoms. The first-order valence-electron chi connectivity index (χ1n) is 6.10. The minimum Gasteiger partial charge on any atom is -0.313 e. The first kappa shape index (κ1) is 11.8. The zero-order valence-corrected chi connectivity index (χ0v) is 10.6. The van der Waals surface area contributed by atoms with Crippen molar-refractivity contribution >= 4 is 17.1 Å². The lowest BCUT2D eigenvalue weighted by molar-refractivity contribution is 0.0905. The van der Waals surface area contributed by atoms with Crippen molar-refractivity contribution in [2.75, 3.05) is 6.54 Å². The van der Waals surface area contributed by atoms with Gasteiger partial charge < -0.3 is 5.32 Å². The molecule has 88 valence electrons. The Morgan fingerprint density at radius 2 is 2.38 bits per heavy atom. The molecule has 2 atom stereocenters. The summed E-state index contributed by atoms with van der Waals surface area (Å²) in [6.45, 7) is 3.12. The van der Waals surface area contributed by atoms with E-state index in [0.29, 0.717) is 11.8 Å². The summed E-state index contributed by atoms with van der Waals surface area (Å²) in [6, 6.07) is 4.25. The molecule has 1 aliphatic rings. The third-order valence-electron chi connectivity index (χ3n) is 3.38. The number of carbonyl (C=O) groups is 1. The second-order valence-corrected chi connectivity index (χ2v) is 5.49. The Morgan fingerprint density at radius 3 is 3.12 bits per heavy atom. The normalized spacial score (nSPS) is 23.7. The van der Waals surface area contributed by atoms with Gasteiger partial charge in [-0.3, -0.25) is 4.79 Å². The molecule has 0 aromatic carbocycles. The smallest absolute Gasteiger partial charge is 0.177 e. The average molecular weight is 237 g/mol. The number of nitrogens with one attached hydrogen (secondary N) is 1. The van der Waals surface area contributed by atoms with E-state index in [1.165, 1.54) is 19.3 Å². The van der Waals surface area contributed by atoms with E-state index >= 15 is 0 Å². The molecule has 1 N–H and O–H groups in total. The van der Waals surface area contributed by atoms with Crippen LogP contribution in [0.3, 0.4) is 0 Å². The summed E-state index contributed by atoms with van der Waals surface area (Å²) < 4.78 is 0. The van der Waals surface area contributed by atoms with Gasteiger partial charge in [0.15, 0.2) is 5.78 Å². The van der Waals surface area contributed by atoms with Crippen molar-refractivity contribution in [3.8, 4) is 0 Å². The molecule has 0 saturated carbocycles. The van der Waals surface area contributed by atoms with Crippen LogP contribution in [0.1, 0.15) is 42.3 Å².